The number of carbonyl (C=O) groups excluding carboxylic acids is 2. The van der Waals surface area contributed by atoms with E-state index in [1.54, 1.807) is 54.6 Å². The first-order valence-corrected chi connectivity index (χ1v) is 8.53. The summed E-state index contributed by atoms with van der Waals surface area (Å²) in [6.07, 6.45) is 6.40. The minimum atomic E-state index is -0.432. The van der Waals surface area contributed by atoms with Gasteiger partial charge in [0, 0.05) is 11.6 Å². The van der Waals surface area contributed by atoms with Crippen LogP contribution < -0.4 is 4.74 Å². The molecule has 0 aliphatic heterocycles. The van der Waals surface area contributed by atoms with Gasteiger partial charge in [-0.25, -0.2) is 4.79 Å². The van der Waals surface area contributed by atoms with Crippen molar-refractivity contribution in [3.63, 3.8) is 0 Å². The number of ketones is 1. The Hall–Kier alpha value is -3.72. The third-order valence-electron chi connectivity index (χ3n) is 3.80. The van der Waals surface area contributed by atoms with E-state index < -0.39 is 5.97 Å². The number of esters is 1. The largest absolute Gasteiger partial charge is 0.423 e. The lowest BCUT2D eigenvalue weighted by molar-refractivity contribution is -0.128. The summed E-state index contributed by atoms with van der Waals surface area (Å²) in [5.41, 5.74) is 2.43. The average Bonchev–Trinajstić information content (AvgIpc) is 2.72. The smallest absolute Gasteiger partial charge is 0.336 e. The highest BCUT2D eigenvalue weighted by Crippen LogP contribution is 2.11. The molecule has 0 spiro atoms. The highest BCUT2D eigenvalue weighted by Gasteiger charge is 2.00. The molecule has 0 fully saturated rings. The van der Waals surface area contributed by atoms with Gasteiger partial charge in [0.2, 0.25) is 0 Å². The SMILES string of the molecule is O=C(C=Cc1ccc(C=CC(=O)c2ccccc2)cc1)Oc1ccccc1. The van der Waals surface area contributed by atoms with Crippen LogP contribution in [0.3, 0.4) is 0 Å². The van der Waals surface area contributed by atoms with Gasteiger partial charge in [-0.15, -0.1) is 0 Å². The molecule has 0 radical (unpaired) electrons. The molecule has 3 aromatic rings. The van der Waals surface area contributed by atoms with Crippen molar-refractivity contribution in [1.29, 1.82) is 0 Å². The highest BCUT2D eigenvalue weighted by molar-refractivity contribution is 6.06. The van der Waals surface area contributed by atoms with Gasteiger partial charge in [-0.05, 0) is 35.4 Å². The Balaban J connectivity index is 1.57. The fourth-order valence-corrected chi connectivity index (χ4v) is 2.39. The molecule has 0 amide bonds. The molecule has 0 N–H and O–H groups in total. The van der Waals surface area contributed by atoms with Gasteiger partial charge in [0.25, 0.3) is 0 Å². The summed E-state index contributed by atoms with van der Waals surface area (Å²) in [4.78, 5) is 23.9. The fraction of sp³-hybridized carbons (Fsp3) is 0. The topological polar surface area (TPSA) is 43.4 Å². The molecule has 0 atom stereocenters. The van der Waals surface area contributed by atoms with Crippen LogP contribution in [0.2, 0.25) is 0 Å². The summed E-state index contributed by atoms with van der Waals surface area (Å²) in [5.74, 6) is 0.0394. The van der Waals surface area contributed by atoms with Gasteiger partial charge < -0.3 is 4.74 Å². The van der Waals surface area contributed by atoms with Crippen LogP contribution in [-0.4, -0.2) is 11.8 Å². The maximum absolute atomic E-state index is 12.1. The first kappa shape index (κ1) is 18.1. The maximum Gasteiger partial charge on any atom is 0.336 e. The van der Waals surface area contributed by atoms with E-state index in [0.29, 0.717) is 11.3 Å². The zero-order valence-corrected chi connectivity index (χ0v) is 14.6. The molecule has 3 heteroatoms. The van der Waals surface area contributed by atoms with E-state index in [2.05, 4.69) is 0 Å². The standard InChI is InChI=1S/C24H18O3/c25-23(21-7-3-1-4-8-21)17-15-19-11-13-20(14-12-19)16-18-24(26)27-22-9-5-2-6-10-22/h1-18H. The van der Waals surface area contributed by atoms with E-state index in [1.807, 2.05) is 48.5 Å². The van der Waals surface area contributed by atoms with Crippen LogP contribution in [0.4, 0.5) is 0 Å². The number of benzene rings is 3. The number of hydrogen-bond acceptors (Lipinski definition) is 3. The van der Waals surface area contributed by atoms with Crippen LogP contribution in [0.15, 0.2) is 97.1 Å². The van der Waals surface area contributed by atoms with Crippen LogP contribution in [0.5, 0.6) is 5.75 Å². The molecule has 0 unspecified atom stereocenters. The predicted molar refractivity (Wildman–Crippen MR) is 107 cm³/mol. The van der Waals surface area contributed by atoms with Crippen LogP contribution >= 0.6 is 0 Å². The van der Waals surface area contributed by atoms with Crippen LogP contribution in [0.25, 0.3) is 12.2 Å². The second kappa shape index (κ2) is 9.11. The lowest BCUT2D eigenvalue weighted by Crippen LogP contribution is -2.03. The van der Waals surface area contributed by atoms with Crippen molar-refractivity contribution in [1.82, 2.24) is 0 Å². The Morgan fingerprint density at radius 3 is 1.74 bits per heavy atom. The van der Waals surface area contributed by atoms with E-state index >= 15 is 0 Å². The quantitative estimate of drug-likeness (QED) is 0.264. The van der Waals surface area contributed by atoms with Gasteiger partial charge in [0.05, 0.1) is 0 Å². The lowest BCUT2D eigenvalue weighted by Gasteiger charge is -2.00. The normalized spacial score (nSPS) is 11.0. The third-order valence-corrected chi connectivity index (χ3v) is 3.80. The Morgan fingerprint density at radius 2 is 1.15 bits per heavy atom. The van der Waals surface area contributed by atoms with Gasteiger partial charge in [0.15, 0.2) is 5.78 Å². The summed E-state index contributed by atoms with van der Waals surface area (Å²) >= 11 is 0. The summed E-state index contributed by atoms with van der Waals surface area (Å²) < 4.78 is 5.19. The van der Waals surface area contributed by atoms with Gasteiger partial charge in [-0.2, -0.15) is 0 Å². The van der Waals surface area contributed by atoms with Crippen molar-refractivity contribution in [3.05, 3.63) is 114 Å². The van der Waals surface area contributed by atoms with Gasteiger partial charge >= 0.3 is 5.97 Å². The molecule has 0 saturated heterocycles. The molecular weight excluding hydrogens is 336 g/mol. The number of ether oxygens (including phenoxy) is 1. The lowest BCUT2D eigenvalue weighted by atomic mass is 10.1. The summed E-state index contributed by atoms with van der Waals surface area (Å²) in [5, 5.41) is 0. The zero-order chi connectivity index (χ0) is 18.9. The monoisotopic (exact) mass is 354 g/mol. The average molecular weight is 354 g/mol. The molecule has 0 aliphatic carbocycles. The molecule has 3 rings (SSSR count). The van der Waals surface area contributed by atoms with E-state index in [9.17, 15) is 9.59 Å². The van der Waals surface area contributed by atoms with Crippen LogP contribution in [-0.2, 0) is 4.79 Å². The first-order chi connectivity index (χ1) is 13.2. The molecule has 0 heterocycles. The Labute approximate surface area is 158 Å². The molecule has 0 bridgehead atoms. The van der Waals surface area contributed by atoms with Gasteiger partial charge in [-0.3, -0.25) is 4.79 Å². The minimum absolute atomic E-state index is 0.0387. The van der Waals surface area contributed by atoms with Crippen molar-refractivity contribution in [2.24, 2.45) is 0 Å². The molecule has 3 nitrogen and oxygen atoms in total. The molecule has 0 aliphatic rings. The second-order valence-corrected chi connectivity index (χ2v) is 5.80. The number of rotatable bonds is 6. The van der Waals surface area contributed by atoms with Gasteiger partial charge in [-0.1, -0.05) is 78.9 Å². The summed E-state index contributed by atoms with van der Waals surface area (Å²) in [6.45, 7) is 0. The summed E-state index contributed by atoms with van der Waals surface area (Å²) in [6, 6.07) is 25.6. The minimum Gasteiger partial charge on any atom is -0.423 e. The van der Waals surface area contributed by atoms with Crippen LogP contribution in [0.1, 0.15) is 21.5 Å². The van der Waals surface area contributed by atoms with Crippen molar-refractivity contribution >= 4 is 23.9 Å². The molecule has 3 aromatic carbocycles. The Morgan fingerprint density at radius 1 is 0.630 bits per heavy atom. The molecule has 0 aromatic heterocycles. The van der Waals surface area contributed by atoms with E-state index in [0.717, 1.165) is 11.1 Å². The molecular formula is C24H18O3. The number of allylic oxidation sites excluding steroid dienone is 1. The van der Waals surface area contributed by atoms with Gasteiger partial charge in [0.1, 0.15) is 5.75 Å². The number of para-hydroxylation sites is 1. The van der Waals surface area contributed by atoms with Crippen molar-refractivity contribution in [2.45, 2.75) is 0 Å². The third kappa shape index (κ3) is 5.65. The second-order valence-electron chi connectivity index (χ2n) is 5.80. The molecule has 0 saturated carbocycles. The molecule has 27 heavy (non-hydrogen) atoms. The highest BCUT2D eigenvalue weighted by atomic mass is 16.5. The Bertz CT molecular complexity index is 954. The van der Waals surface area contributed by atoms with Crippen molar-refractivity contribution < 1.29 is 14.3 Å². The van der Waals surface area contributed by atoms with Crippen molar-refractivity contribution in [3.8, 4) is 5.75 Å². The number of carbonyl (C=O) groups is 2. The van der Waals surface area contributed by atoms with E-state index in [4.69, 9.17) is 4.74 Å². The van der Waals surface area contributed by atoms with Crippen LogP contribution in [0, 0.1) is 0 Å². The molecule has 132 valence electrons. The number of hydrogen-bond donors (Lipinski definition) is 0. The zero-order valence-electron chi connectivity index (χ0n) is 14.6. The first-order valence-electron chi connectivity index (χ1n) is 8.53. The van der Waals surface area contributed by atoms with Crippen molar-refractivity contribution in [2.75, 3.05) is 0 Å². The van der Waals surface area contributed by atoms with E-state index in [1.165, 1.54) is 6.08 Å². The summed E-state index contributed by atoms with van der Waals surface area (Å²) in [7, 11) is 0. The van der Waals surface area contributed by atoms with E-state index in [-0.39, 0.29) is 5.78 Å². The Kier molecular flexibility index (Phi) is 6.10. The predicted octanol–water partition coefficient (Wildman–Crippen LogP) is 5.20. The maximum atomic E-state index is 12.1. The fourth-order valence-electron chi connectivity index (χ4n) is 2.39.